The van der Waals surface area contributed by atoms with Crippen LogP contribution in [-0.4, -0.2) is 68.1 Å². The molecule has 0 aromatic rings. The molecule has 2 fully saturated rings. The molecule has 0 aromatic heterocycles. The van der Waals surface area contributed by atoms with Crippen LogP contribution >= 0.6 is 12.4 Å². The topological polar surface area (TPSA) is 113 Å². The zero-order chi connectivity index (χ0) is 9.75. The first-order valence-corrected chi connectivity index (χ1v) is 4.20. The predicted octanol–water partition coefficient (Wildman–Crippen LogP) is -3.43. The third kappa shape index (κ3) is 1.43. The van der Waals surface area contributed by atoms with Crippen molar-refractivity contribution in [2.24, 2.45) is 0 Å². The Morgan fingerprint density at radius 3 is 1.21 bits per heavy atom. The van der Waals surface area contributed by atoms with Gasteiger partial charge in [0.25, 0.3) is 0 Å². The van der Waals surface area contributed by atoms with E-state index >= 15 is 0 Å². The molecule has 0 aromatic carbocycles. The van der Waals surface area contributed by atoms with E-state index in [1.165, 1.54) is 0 Å². The van der Waals surface area contributed by atoms with E-state index in [1.807, 2.05) is 0 Å². The van der Waals surface area contributed by atoms with Gasteiger partial charge in [0.1, 0.15) is 18.3 Å². The second-order valence-corrected chi connectivity index (χ2v) is 3.67. The lowest BCUT2D eigenvalue weighted by atomic mass is 9.96. The van der Waals surface area contributed by atoms with Gasteiger partial charge in [0.05, 0.1) is 24.3 Å². The molecule has 0 spiro atoms. The summed E-state index contributed by atoms with van der Waals surface area (Å²) < 4.78 is 0. The lowest BCUT2D eigenvalue weighted by Crippen LogP contribution is -2.62. The summed E-state index contributed by atoms with van der Waals surface area (Å²) in [6.45, 7) is 0. The van der Waals surface area contributed by atoms with E-state index in [-0.39, 0.29) is 12.4 Å². The Kier molecular flexibility index (Phi) is 3.37. The minimum absolute atomic E-state index is 0. The van der Waals surface area contributed by atoms with Crippen LogP contribution < -0.4 is 5.32 Å². The highest BCUT2D eigenvalue weighted by Crippen LogP contribution is 2.28. The zero-order valence-corrected chi connectivity index (χ0v) is 8.00. The van der Waals surface area contributed by atoms with Gasteiger partial charge >= 0.3 is 0 Å². The first-order chi connectivity index (χ1) is 6.04. The quantitative estimate of drug-likeness (QED) is 0.257. The summed E-state index contributed by atoms with van der Waals surface area (Å²) in [7, 11) is 0. The molecule has 0 amide bonds. The number of hydrogen-bond acceptors (Lipinski definition) is 6. The van der Waals surface area contributed by atoms with Crippen molar-refractivity contribution in [3.05, 3.63) is 0 Å². The lowest BCUT2D eigenvalue weighted by Gasteiger charge is -2.35. The summed E-state index contributed by atoms with van der Waals surface area (Å²) in [5.41, 5.74) is 0. The normalized spacial score (nSPS) is 56.8. The molecule has 2 aliphatic rings. The van der Waals surface area contributed by atoms with Crippen LogP contribution in [0.3, 0.4) is 0 Å². The lowest BCUT2D eigenvalue weighted by molar-refractivity contribution is -0.105. The van der Waals surface area contributed by atoms with Crippen LogP contribution in [0.1, 0.15) is 0 Å². The molecule has 2 bridgehead atoms. The molecular weight excluding hydrogens is 214 g/mol. The molecule has 14 heavy (non-hydrogen) atoms. The minimum Gasteiger partial charge on any atom is -0.389 e. The summed E-state index contributed by atoms with van der Waals surface area (Å²) in [6.07, 6.45) is -6.11. The van der Waals surface area contributed by atoms with E-state index in [2.05, 4.69) is 5.32 Å². The molecule has 0 saturated carbocycles. The van der Waals surface area contributed by atoms with Crippen LogP contribution in [-0.2, 0) is 0 Å². The fraction of sp³-hybridized carbons (Fsp3) is 1.00. The number of aliphatic hydroxyl groups excluding tert-OH is 5. The van der Waals surface area contributed by atoms with E-state index in [0.717, 1.165) is 0 Å². The van der Waals surface area contributed by atoms with Crippen LogP contribution in [0.2, 0.25) is 0 Å². The SMILES string of the molecule is Cl.OC1[C@@H](O)[C@H]2N[C@H]([C@H](O)[C@@H]2O)[C@H]1O. The van der Waals surface area contributed by atoms with Gasteiger partial charge in [-0.2, -0.15) is 0 Å². The molecule has 1 unspecified atom stereocenters. The second-order valence-electron chi connectivity index (χ2n) is 3.67. The van der Waals surface area contributed by atoms with Gasteiger partial charge in [-0.05, 0) is 0 Å². The fourth-order valence-electron chi connectivity index (χ4n) is 2.07. The van der Waals surface area contributed by atoms with Crippen molar-refractivity contribution in [2.75, 3.05) is 0 Å². The standard InChI is InChI=1S/C7H13NO5.ClH/c9-3-1-5(11)7(13)6(12)2(8-1)4(3)10;/h1-13H;1H/t1-,2+,3+,4-,5-,6+,7?;. The number of hydrogen-bond donors (Lipinski definition) is 6. The maximum Gasteiger partial charge on any atom is 0.109 e. The van der Waals surface area contributed by atoms with Crippen molar-refractivity contribution < 1.29 is 25.5 Å². The number of fused-ring (bicyclic) bond motifs is 2. The van der Waals surface area contributed by atoms with E-state index < -0.39 is 42.6 Å². The van der Waals surface area contributed by atoms with Gasteiger partial charge < -0.3 is 30.8 Å². The molecule has 0 radical (unpaired) electrons. The molecule has 2 aliphatic heterocycles. The van der Waals surface area contributed by atoms with Gasteiger partial charge in [0, 0.05) is 0 Å². The van der Waals surface area contributed by atoms with E-state index in [0.29, 0.717) is 0 Å². The van der Waals surface area contributed by atoms with Gasteiger partial charge in [-0.3, -0.25) is 0 Å². The molecule has 6 N–H and O–H groups in total. The van der Waals surface area contributed by atoms with Gasteiger partial charge in [-0.25, -0.2) is 0 Å². The first kappa shape index (κ1) is 12.1. The Morgan fingerprint density at radius 1 is 0.571 bits per heavy atom. The Balaban J connectivity index is 0.000000980. The molecular formula is C7H14ClNO5. The van der Waals surface area contributed by atoms with Crippen molar-refractivity contribution in [2.45, 2.75) is 42.6 Å². The van der Waals surface area contributed by atoms with Crippen molar-refractivity contribution in [1.29, 1.82) is 0 Å². The molecule has 7 heteroatoms. The Bertz CT molecular complexity index is 198. The van der Waals surface area contributed by atoms with Crippen LogP contribution in [0, 0.1) is 0 Å². The van der Waals surface area contributed by atoms with Gasteiger partial charge in [-0.1, -0.05) is 0 Å². The van der Waals surface area contributed by atoms with Crippen LogP contribution in [0.5, 0.6) is 0 Å². The molecule has 2 saturated heterocycles. The Morgan fingerprint density at radius 2 is 0.857 bits per heavy atom. The van der Waals surface area contributed by atoms with Crippen LogP contribution in [0.25, 0.3) is 0 Å². The maximum atomic E-state index is 9.38. The van der Waals surface area contributed by atoms with Gasteiger partial charge in [0.15, 0.2) is 0 Å². The summed E-state index contributed by atoms with van der Waals surface area (Å²) in [5, 5.41) is 49.5. The summed E-state index contributed by atoms with van der Waals surface area (Å²) in [4.78, 5) is 0. The third-order valence-corrected chi connectivity index (χ3v) is 2.91. The molecule has 2 rings (SSSR count). The summed E-state index contributed by atoms with van der Waals surface area (Å²) in [5.74, 6) is 0. The monoisotopic (exact) mass is 227 g/mol. The molecule has 7 atom stereocenters. The predicted molar refractivity (Wildman–Crippen MR) is 48.0 cm³/mol. The van der Waals surface area contributed by atoms with Gasteiger partial charge in [0.2, 0.25) is 0 Å². The number of piperidine rings is 1. The molecule has 2 heterocycles. The highest BCUT2D eigenvalue weighted by atomic mass is 35.5. The number of aliphatic hydroxyl groups is 5. The summed E-state index contributed by atoms with van der Waals surface area (Å²) in [6, 6.07) is -1.53. The number of halogens is 1. The average Bonchev–Trinajstić information content (AvgIpc) is 2.38. The highest BCUT2D eigenvalue weighted by Gasteiger charge is 2.55. The third-order valence-electron chi connectivity index (χ3n) is 2.91. The number of nitrogens with one attached hydrogen (secondary N) is 1. The zero-order valence-electron chi connectivity index (χ0n) is 7.19. The second kappa shape index (κ2) is 3.90. The first-order valence-electron chi connectivity index (χ1n) is 4.20. The van der Waals surface area contributed by atoms with Crippen LogP contribution in [0.15, 0.2) is 0 Å². The van der Waals surface area contributed by atoms with E-state index in [1.54, 1.807) is 0 Å². The van der Waals surface area contributed by atoms with Crippen molar-refractivity contribution >= 4 is 12.4 Å². The number of rotatable bonds is 0. The molecule has 0 aliphatic carbocycles. The maximum absolute atomic E-state index is 9.38. The Hall–Kier alpha value is 0.0500. The average molecular weight is 228 g/mol. The smallest absolute Gasteiger partial charge is 0.109 e. The summed E-state index contributed by atoms with van der Waals surface area (Å²) >= 11 is 0. The van der Waals surface area contributed by atoms with E-state index in [4.69, 9.17) is 0 Å². The molecule has 6 nitrogen and oxygen atoms in total. The largest absolute Gasteiger partial charge is 0.389 e. The Labute approximate surface area is 86.6 Å². The van der Waals surface area contributed by atoms with Crippen molar-refractivity contribution in [3.63, 3.8) is 0 Å². The van der Waals surface area contributed by atoms with Crippen molar-refractivity contribution in [3.8, 4) is 0 Å². The van der Waals surface area contributed by atoms with E-state index in [9.17, 15) is 25.5 Å². The highest BCUT2D eigenvalue weighted by molar-refractivity contribution is 5.85. The van der Waals surface area contributed by atoms with Gasteiger partial charge in [-0.15, -0.1) is 12.4 Å². The van der Waals surface area contributed by atoms with Crippen molar-refractivity contribution in [1.82, 2.24) is 5.32 Å². The van der Waals surface area contributed by atoms with Crippen LogP contribution in [0.4, 0.5) is 0 Å². The fourth-order valence-corrected chi connectivity index (χ4v) is 2.07. The minimum atomic E-state index is -1.32. The molecule has 84 valence electrons.